The first-order chi connectivity index (χ1) is 16.2. The van der Waals surface area contributed by atoms with Crippen LogP contribution in [0, 0.1) is 6.92 Å². The Kier molecular flexibility index (Phi) is 6.08. The summed E-state index contributed by atoms with van der Waals surface area (Å²) in [7, 11) is 0. The normalized spacial score (nSPS) is 13.4. The lowest BCUT2D eigenvalue weighted by Crippen LogP contribution is -2.25. The van der Waals surface area contributed by atoms with Gasteiger partial charge in [0.15, 0.2) is 11.0 Å². The summed E-state index contributed by atoms with van der Waals surface area (Å²) in [5, 5.41) is 15.6. The van der Waals surface area contributed by atoms with Crippen LogP contribution in [0.25, 0.3) is 11.4 Å². The summed E-state index contributed by atoms with van der Waals surface area (Å²) < 4.78 is 7.52. The molecule has 4 aromatic rings. The van der Waals surface area contributed by atoms with E-state index >= 15 is 0 Å². The molecule has 0 saturated carbocycles. The van der Waals surface area contributed by atoms with Gasteiger partial charge in [-0.15, -0.1) is 10.2 Å². The lowest BCUT2D eigenvalue weighted by Gasteiger charge is -2.12. The van der Waals surface area contributed by atoms with E-state index in [4.69, 9.17) is 4.42 Å². The molecule has 0 unspecified atom stereocenters. The van der Waals surface area contributed by atoms with Crippen molar-refractivity contribution in [3.63, 3.8) is 0 Å². The third-order valence-electron chi connectivity index (χ3n) is 5.52. The average molecular weight is 458 g/mol. The fraction of sp³-hybridized carbons (Fsp3) is 0.200. The van der Waals surface area contributed by atoms with Crippen LogP contribution in [-0.2, 0) is 11.3 Å². The van der Waals surface area contributed by atoms with Gasteiger partial charge in [-0.2, -0.15) is 5.10 Å². The fourth-order valence-electron chi connectivity index (χ4n) is 3.79. The molecule has 33 heavy (non-hydrogen) atoms. The van der Waals surface area contributed by atoms with Crippen molar-refractivity contribution in [3.05, 3.63) is 89.9 Å². The molecule has 0 atom stereocenters. The number of aryl methyl sites for hydroxylation is 1. The summed E-state index contributed by atoms with van der Waals surface area (Å²) >= 11 is 1.38. The number of carbonyl (C=O) groups is 1. The predicted octanol–water partition coefficient (Wildman–Crippen LogP) is 4.62. The van der Waals surface area contributed by atoms with E-state index in [0.29, 0.717) is 18.2 Å². The Hall–Kier alpha value is -3.65. The molecule has 0 fully saturated rings. The van der Waals surface area contributed by atoms with Crippen LogP contribution in [0.4, 0.5) is 0 Å². The summed E-state index contributed by atoms with van der Waals surface area (Å²) in [6.45, 7) is 3.10. The monoisotopic (exact) mass is 457 g/mol. The van der Waals surface area contributed by atoms with Crippen molar-refractivity contribution in [2.24, 2.45) is 5.10 Å². The van der Waals surface area contributed by atoms with E-state index in [1.54, 1.807) is 11.3 Å². The first-order valence-corrected chi connectivity index (χ1v) is 11.8. The molecule has 1 aliphatic heterocycles. The molecular formula is C25H23N5O2S. The summed E-state index contributed by atoms with van der Waals surface area (Å²) in [6, 6.07) is 22.0. The van der Waals surface area contributed by atoms with Gasteiger partial charge < -0.3 is 4.42 Å². The molecule has 0 N–H and O–H groups in total. The van der Waals surface area contributed by atoms with Gasteiger partial charge in [0.2, 0.25) is 0 Å². The van der Waals surface area contributed by atoms with Crippen molar-refractivity contribution in [3.8, 4) is 11.4 Å². The Balaban J connectivity index is 1.34. The van der Waals surface area contributed by atoms with Crippen molar-refractivity contribution in [2.45, 2.75) is 25.0 Å². The van der Waals surface area contributed by atoms with Crippen LogP contribution >= 0.6 is 11.8 Å². The Morgan fingerprint density at radius 2 is 1.79 bits per heavy atom. The number of hydrogen-bond acceptors (Lipinski definition) is 6. The Labute approximate surface area is 196 Å². The Bertz CT molecular complexity index is 1280. The summed E-state index contributed by atoms with van der Waals surface area (Å²) in [5.41, 5.74) is 4.03. The first-order valence-electron chi connectivity index (χ1n) is 10.8. The van der Waals surface area contributed by atoms with Crippen LogP contribution in [0.2, 0.25) is 0 Å². The number of thioether (sulfide) groups is 1. The molecule has 5 rings (SSSR count). The minimum absolute atomic E-state index is 0.0405. The number of aromatic nitrogens is 3. The van der Waals surface area contributed by atoms with Gasteiger partial charge in [0.05, 0.1) is 36.4 Å². The summed E-state index contributed by atoms with van der Waals surface area (Å²) in [6.07, 6.45) is 2.41. The molecule has 0 bridgehead atoms. The van der Waals surface area contributed by atoms with Gasteiger partial charge in [-0.25, -0.2) is 5.01 Å². The highest BCUT2D eigenvalue weighted by atomic mass is 32.2. The smallest absolute Gasteiger partial charge is 0.253 e. The van der Waals surface area contributed by atoms with Crippen molar-refractivity contribution in [2.75, 3.05) is 12.3 Å². The lowest BCUT2D eigenvalue weighted by molar-refractivity contribution is -0.127. The van der Waals surface area contributed by atoms with Crippen LogP contribution in [0.3, 0.4) is 0 Å². The number of hydrogen-bond donors (Lipinski definition) is 0. The number of carbonyl (C=O) groups excluding carboxylic acids is 1. The molecule has 1 aliphatic rings. The molecule has 7 nitrogen and oxygen atoms in total. The number of hydrazone groups is 1. The number of nitrogens with zero attached hydrogens (tertiary/aromatic N) is 5. The Morgan fingerprint density at radius 3 is 2.52 bits per heavy atom. The van der Waals surface area contributed by atoms with Crippen molar-refractivity contribution >= 4 is 23.4 Å². The maximum atomic E-state index is 12.9. The van der Waals surface area contributed by atoms with Gasteiger partial charge in [0.1, 0.15) is 5.76 Å². The minimum atomic E-state index is -0.0405. The maximum Gasteiger partial charge on any atom is 0.253 e. The Morgan fingerprint density at radius 1 is 1.03 bits per heavy atom. The number of furan rings is 1. The molecule has 2 aromatic heterocycles. The molecule has 8 heteroatoms. The summed E-state index contributed by atoms with van der Waals surface area (Å²) in [5.74, 6) is 1.71. The van der Waals surface area contributed by atoms with Crippen molar-refractivity contribution < 1.29 is 9.21 Å². The molecule has 0 radical (unpaired) electrons. The average Bonchev–Trinajstić information content (AvgIpc) is 3.59. The molecular weight excluding hydrogens is 434 g/mol. The molecule has 2 aromatic carbocycles. The molecule has 3 heterocycles. The van der Waals surface area contributed by atoms with Crippen LogP contribution in [-0.4, -0.2) is 43.7 Å². The number of benzene rings is 2. The molecule has 1 amide bonds. The van der Waals surface area contributed by atoms with Gasteiger partial charge in [0.25, 0.3) is 5.91 Å². The minimum Gasteiger partial charge on any atom is -0.469 e. The topological polar surface area (TPSA) is 76.5 Å². The van der Waals surface area contributed by atoms with E-state index in [1.165, 1.54) is 11.8 Å². The highest BCUT2D eigenvalue weighted by Crippen LogP contribution is 2.28. The van der Waals surface area contributed by atoms with E-state index < -0.39 is 0 Å². The maximum absolute atomic E-state index is 12.9. The van der Waals surface area contributed by atoms with E-state index in [1.807, 2.05) is 66.1 Å². The number of amides is 1. The van der Waals surface area contributed by atoms with E-state index in [0.717, 1.165) is 40.4 Å². The van der Waals surface area contributed by atoms with Crippen molar-refractivity contribution in [1.82, 2.24) is 19.8 Å². The van der Waals surface area contributed by atoms with E-state index in [-0.39, 0.29) is 11.7 Å². The standard InChI is InChI=1S/C25H23N5O2S/c1-18-21(13-15-32-18)24-26-27-25(29(24)16-19-8-4-2-5-9-19)33-17-23(31)30-14-12-22(28-30)20-10-6-3-7-11-20/h2-11,13,15H,12,14,16-17H2,1H3. The van der Waals surface area contributed by atoms with Gasteiger partial charge >= 0.3 is 0 Å². The zero-order chi connectivity index (χ0) is 22.6. The third-order valence-corrected chi connectivity index (χ3v) is 6.47. The summed E-state index contributed by atoms with van der Waals surface area (Å²) in [4.78, 5) is 12.9. The number of rotatable bonds is 7. The van der Waals surface area contributed by atoms with Gasteiger partial charge in [0, 0.05) is 6.42 Å². The van der Waals surface area contributed by atoms with Crippen LogP contribution in [0.5, 0.6) is 0 Å². The fourth-order valence-corrected chi connectivity index (χ4v) is 4.60. The third kappa shape index (κ3) is 4.61. The van der Waals surface area contributed by atoms with Crippen LogP contribution in [0.1, 0.15) is 23.3 Å². The van der Waals surface area contributed by atoms with Gasteiger partial charge in [-0.3, -0.25) is 9.36 Å². The molecule has 0 aliphatic carbocycles. The first kappa shape index (κ1) is 21.2. The zero-order valence-corrected chi connectivity index (χ0v) is 19.0. The van der Waals surface area contributed by atoms with Gasteiger partial charge in [-0.05, 0) is 24.1 Å². The lowest BCUT2D eigenvalue weighted by atomic mass is 10.1. The van der Waals surface area contributed by atoms with E-state index in [9.17, 15) is 4.79 Å². The highest BCUT2D eigenvalue weighted by Gasteiger charge is 2.23. The quantitative estimate of drug-likeness (QED) is 0.379. The largest absolute Gasteiger partial charge is 0.469 e. The SMILES string of the molecule is Cc1occc1-c1nnc(SCC(=O)N2CCC(c3ccccc3)=N2)n1Cc1ccccc1. The molecule has 0 saturated heterocycles. The van der Waals surface area contributed by atoms with E-state index in [2.05, 4.69) is 27.4 Å². The zero-order valence-electron chi connectivity index (χ0n) is 18.2. The van der Waals surface area contributed by atoms with Gasteiger partial charge in [-0.1, -0.05) is 72.4 Å². The molecule has 166 valence electrons. The predicted molar refractivity (Wildman–Crippen MR) is 128 cm³/mol. The second kappa shape index (κ2) is 9.46. The second-order valence-corrected chi connectivity index (χ2v) is 8.68. The second-order valence-electron chi connectivity index (χ2n) is 7.74. The van der Waals surface area contributed by atoms with Crippen molar-refractivity contribution in [1.29, 1.82) is 0 Å². The highest BCUT2D eigenvalue weighted by molar-refractivity contribution is 7.99. The van der Waals surface area contributed by atoms with Crippen LogP contribution < -0.4 is 0 Å². The molecule has 0 spiro atoms. The van der Waals surface area contributed by atoms with Crippen LogP contribution in [0.15, 0.2) is 87.7 Å².